The fourth-order valence-electron chi connectivity index (χ4n) is 5.08. The van der Waals surface area contributed by atoms with Crippen LogP contribution < -0.4 is 9.80 Å². The Balaban J connectivity index is 1.58. The molecule has 0 bridgehead atoms. The molecule has 0 unspecified atom stereocenters. The SMILES string of the molecule is C=C(/C=C/c1cccc(N(Cc2ccc(-c3ccc(N(C)C)cc3)cc2)C(=C)C2CCCCC2)c1)CC. The minimum absolute atomic E-state index is 0.558. The van der Waals surface area contributed by atoms with E-state index in [2.05, 4.69) is 129 Å². The fourth-order valence-corrected chi connectivity index (χ4v) is 5.08. The third-order valence-electron chi connectivity index (χ3n) is 7.58. The number of hydrogen-bond acceptors (Lipinski definition) is 2. The smallest absolute Gasteiger partial charge is 0.0478 e. The minimum Gasteiger partial charge on any atom is -0.378 e. The second-order valence-electron chi connectivity index (χ2n) is 10.5. The quantitative estimate of drug-likeness (QED) is 0.261. The van der Waals surface area contributed by atoms with Gasteiger partial charge in [-0.15, -0.1) is 0 Å². The van der Waals surface area contributed by atoms with E-state index in [0.717, 1.165) is 18.5 Å². The van der Waals surface area contributed by atoms with Crippen LogP contribution in [0.15, 0.2) is 103 Å². The summed E-state index contributed by atoms with van der Waals surface area (Å²) in [5.41, 5.74) is 9.81. The van der Waals surface area contributed by atoms with Gasteiger partial charge in [-0.05, 0) is 71.7 Å². The molecule has 0 atom stereocenters. The van der Waals surface area contributed by atoms with E-state index in [1.54, 1.807) is 0 Å². The lowest BCUT2D eigenvalue weighted by molar-refractivity contribution is 0.396. The zero-order chi connectivity index (χ0) is 26.2. The Hall–Kier alpha value is -3.52. The molecule has 0 aromatic heterocycles. The van der Waals surface area contributed by atoms with Gasteiger partial charge < -0.3 is 9.80 Å². The Morgan fingerprint density at radius 3 is 2.11 bits per heavy atom. The highest BCUT2D eigenvalue weighted by atomic mass is 15.1. The van der Waals surface area contributed by atoms with Crippen molar-refractivity contribution in [3.8, 4) is 11.1 Å². The van der Waals surface area contributed by atoms with Crippen LogP contribution in [0.3, 0.4) is 0 Å². The van der Waals surface area contributed by atoms with Crippen LogP contribution in [0.2, 0.25) is 0 Å². The van der Waals surface area contributed by atoms with Gasteiger partial charge in [0.25, 0.3) is 0 Å². The lowest BCUT2D eigenvalue weighted by Crippen LogP contribution is -2.27. The third-order valence-corrected chi connectivity index (χ3v) is 7.58. The summed E-state index contributed by atoms with van der Waals surface area (Å²) in [5, 5.41) is 0. The van der Waals surface area contributed by atoms with Crippen molar-refractivity contribution >= 4 is 17.5 Å². The Morgan fingerprint density at radius 2 is 1.49 bits per heavy atom. The largest absolute Gasteiger partial charge is 0.378 e. The highest BCUT2D eigenvalue weighted by Crippen LogP contribution is 2.35. The molecule has 1 aliphatic rings. The first-order valence-corrected chi connectivity index (χ1v) is 13.7. The summed E-state index contributed by atoms with van der Waals surface area (Å²) in [4.78, 5) is 4.58. The maximum Gasteiger partial charge on any atom is 0.0478 e. The van der Waals surface area contributed by atoms with E-state index in [0.29, 0.717) is 5.92 Å². The van der Waals surface area contributed by atoms with Gasteiger partial charge in [0.15, 0.2) is 0 Å². The molecule has 0 radical (unpaired) electrons. The van der Waals surface area contributed by atoms with Crippen LogP contribution in [0.25, 0.3) is 17.2 Å². The molecule has 3 aromatic carbocycles. The average Bonchev–Trinajstić information content (AvgIpc) is 2.95. The van der Waals surface area contributed by atoms with Gasteiger partial charge in [-0.3, -0.25) is 0 Å². The standard InChI is InChI=1S/C35H42N2/c1-6-27(2)15-16-29-11-10-14-35(25-29)37(28(3)31-12-8-7-9-13-31)26-30-17-19-32(20-18-30)33-21-23-34(24-22-33)36(4)5/h10-11,14-25,31H,2-3,6-9,12-13,26H2,1,4-5H3/b16-15+. The van der Waals surface area contributed by atoms with E-state index in [-0.39, 0.29) is 0 Å². The summed E-state index contributed by atoms with van der Waals surface area (Å²) < 4.78 is 0. The molecule has 0 aliphatic heterocycles. The zero-order valence-corrected chi connectivity index (χ0v) is 22.9. The van der Waals surface area contributed by atoms with Gasteiger partial charge in [0.1, 0.15) is 0 Å². The van der Waals surface area contributed by atoms with Crippen molar-refractivity contribution in [3.63, 3.8) is 0 Å². The van der Waals surface area contributed by atoms with Crippen molar-refractivity contribution in [3.05, 3.63) is 114 Å². The van der Waals surface area contributed by atoms with Gasteiger partial charge in [0, 0.05) is 37.7 Å². The molecule has 0 saturated heterocycles. The molecule has 0 heterocycles. The molecule has 1 fully saturated rings. The highest BCUT2D eigenvalue weighted by molar-refractivity contribution is 5.67. The van der Waals surface area contributed by atoms with Crippen molar-refractivity contribution in [2.75, 3.05) is 23.9 Å². The van der Waals surface area contributed by atoms with Crippen molar-refractivity contribution < 1.29 is 0 Å². The molecular weight excluding hydrogens is 448 g/mol. The minimum atomic E-state index is 0.558. The van der Waals surface area contributed by atoms with Crippen molar-refractivity contribution in [2.24, 2.45) is 5.92 Å². The molecule has 0 N–H and O–H groups in total. The summed E-state index contributed by atoms with van der Waals surface area (Å²) in [6, 6.07) is 26.6. The van der Waals surface area contributed by atoms with Gasteiger partial charge in [0.05, 0.1) is 0 Å². The number of allylic oxidation sites excluding steroid dienone is 3. The van der Waals surface area contributed by atoms with Crippen LogP contribution in [0.5, 0.6) is 0 Å². The van der Waals surface area contributed by atoms with E-state index in [1.807, 2.05) is 0 Å². The van der Waals surface area contributed by atoms with E-state index in [9.17, 15) is 0 Å². The molecule has 0 spiro atoms. The predicted molar refractivity (Wildman–Crippen MR) is 163 cm³/mol. The van der Waals surface area contributed by atoms with Gasteiger partial charge in [-0.2, -0.15) is 0 Å². The molecule has 192 valence electrons. The Labute approximate surface area is 224 Å². The van der Waals surface area contributed by atoms with Crippen molar-refractivity contribution in [1.29, 1.82) is 0 Å². The fraction of sp³-hybridized carbons (Fsp3) is 0.314. The van der Waals surface area contributed by atoms with E-state index >= 15 is 0 Å². The van der Waals surface area contributed by atoms with Crippen LogP contribution in [0.4, 0.5) is 11.4 Å². The van der Waals surface area contributed by atoms with Gasteiger partial charge in [-0.25, -0.2) is 0 Å². The molecule has 1 aliphatic carbocycles. The van der Waals surface area contributed by atoms with Gasteiger partial charge in [0.2, 0.25) is 0 Å². The maximum absolute atomic E-state index is 4.65. The lowest BCUT2D eigenvalue weighted by Gasteiger charge is -2.34. The van der Waals surface area contributed by atoms with Crippen LogP contribution in [-0.4, -0.2) is 14.1 Å². The number of nitrogens with zero attached hydrogens (tertiary/aromatic N) is 2. The Kier molecular flexibility index (Phi) is 9.06. The number of benzene rings is 3. The second kappa shape index (κ2) is 12.6. The van der Waals surface area contributed by atoms with Crippen LogP contribution in [0.1, 0.15) is 56.6 Å². The topological polar surface area (TPSA) is 6.48 Å². The van der Waals surface area contributed by atoms with E-state index < -0.39 is 0 Å². The van der Waals surface area contributed by atoms with Crippen LogP contribution in [0, 0.1) is 5.92 Å². The average molecular weight is 491 g/mol. The van der Waals surface area contributed by atoms with Crippen LogP contribution >= 0.6 is 0 Å². The summed E-state index contributed by atoms with van der Waals surface area (Å²) in [6.07, 6.45) is 11.7. The summed E-state index contributed by atoms with van der Waals surface area (Å²) in [7, 11) is 4.15. The number of rotatable bonds is 10. The Bertz CT molecular complexity index is 1210. The first-order chi connectivity index (χ1) is 17.9. The molecule has 0 amide bonds. The molecular formula is C35H42N2. The first-order valence-electron chi connectivity index (χ1n) is 13.7. The zero-order valence-electron chi connectivity index (χ0n) is 22.9. The summed E-state index contributed by atoms with van der Waals surface area (Å²) in [6.45, 7) is 11.7. The molecule has 1 saturated carbocycles. The summed E-state index contributed by atoms with van der Waals surface area (Å²) >= 11 is 0. The second-order valence-corrected chi connectivity index (χ2v) is 10.5. The monoisotopic (exact) mass is 490 g/mol. The van der Waals surface area contributed by atoms with E-state index in [1.165, 1.54) is 71.4 Å². The third kappa shape index (κ3) is 7.04. The van der Waals surface area contributed by atoms with Crippen LogP contribution in [-0.2, 0) is 6.54 Å². The Morgan fingerprint density at radius 1 is 0.838 bits per heavy atom. The highest BCUT2D eigenvalue weighted by Gasteiger charge is 2.22. The number of anilines is 2. The maximum atomic E-state index is 4.65. The van der Waals surface area contributed by atoms with Crippen molar-refractivity contribution in [1.82, 2.24) is 0 Å². The number of hydrogen-bond donors (Lipinski definition) is 0. The molecule has 2 heteroatoms. The van der Waals surface area contributed by atoms with Crippen molar-refractivity contribution in [2.45, 2.75) is 52.0 Å². The molecule has 37 heavy (non-hydrogen) atoms. The molecule has 3 aromatic rings. The molecule has 2 nitrogen and oxygen atoms in total. The van der Waals surface area contributed by atoms with Gasteiger partial charge >= 0.3 is 0 Å². The molecule has 4 rings (SSSR count). The predicted octanol–water partition coefficient (Wildman–Crippen LogP) is 9.50. The lowest BCUT2D eigenvalue weighted by atomic mass is 9.86. The van der Waals surface area contributed by atoms with Gasteiger partial charge in [-0.1, -0.05) is 106 Å². The summed E-state index contributed by atoms with van der Waals surface area (Å²) in [5.74, 6) is 0.558. The first kappa shape index (κ1) is 26.5. The normalized spacial score (nSPS) is 14.0. The van der Waals surface area contributed by atoms with E-state index in [4.69, 9.17) is 0 Å².